The van der Waals surface area contributed by atoms with E-state index in [1.165, 1.54) is 0 Å². The third-order valence-corrected chi connectivity index (χ3v) is 4.32. The molecule has 0 saturated heterocycles. The lowest BCUT2D eigenvalue weighted by atomic mass is 9.95. The van der Waals surface area contributed by atoms with Crippen LogP contribution in [0.25, 0.3) is 0 Å². The number of carbonyl (C=O) groups is 2. The van der Waals surface area contributed by atoms with E-state index in [0.29, 0.717) is 22.8 Å². The largest absolute Gasteiger partial charge is 0.355 e. The molecule has 0 aliphatic heterocycles. The molecule has 6 heteroatoms. The number of carbonyl (C=O) groups excluding carboxylic acids is 2. The summed E-state index contributed by atoms with van der Waals surface area (Å²) in [6, 6.07) is 4.88. The van der Waals surface area contributed by atoms with Gasteiger partial charge in [-0.3, -0.25) is 9.59 Å². The van der Waals surface area contributed by atoms with Gasteiger partial charge in [-0.15, -0.1) is 0 Å². The van der Waals surface area contributed by atoms with Crippen LogP contribution in [-0.2, 0) is 4.79 Å². The molecule has 0 unspecified atom stereocenters. The molecule has 2 rings (SSSR count). The number of nitrogens with two attached hydrogens (primary N) is 1. The maximum absolute atomic E-state index is 12.3. The molecule has 1 aliphatic rings. The summed E-state index contributed by atoms with van der Waals surface area (Å²) in [5, 5.41) is 5.69. The molecule has 1 saturated carbocycles. The summed E-state index contributed by atoms with van der Waals surface area (Å²) in [5.74, 6) is -0.0541. The van der Waals surface area contributed by atoms with Gasteiger partial charge in [0.2, 0.25) is 5.91 Å². The zero-order valence-corrected chi connectivity index (χ0v) is 12.7. The zero-order valence-electron chi connectivity index (χ0n) is 12.0. The number of halogens is 1. The van der Waals surface area contributed by atoms with Crippen LogP contribution in [0.5, 0.6) is 0 Å². The lowest BCUT2D eigenvalue weighted by molar-refractivity contribution is -0.120. The average molecular weight is 310 g/mol. The molecule has 2 atom stereocenters. The van der Waals surface area contributed by atoms with Gasteiger partial charge in [0.25, 0.3) is 5.91 Å². The minimum absolute atomic E-state index is 0.0216. The molecule has 5 nitrogen and oxygen atoms in total. The van der Waals surface area contributed by atoms with Crippen molar-refractivity contribution < 1.29 is 9.59 Å². The average Bonchev–Trinajstić information content (AvgIpc) is 2.95. The zero-order chi connectivity index (χ0) is 15.4. The Kier molecular flexibility index (Phi) is 5.20. The number of nitrogens with one attached hydrogen (secondary N) is 2. The van der Waals surface area contributed by atoms with E-state index >= 15 is 0 Å². The molecule has 114 valence electrons. The van der Waals surface area contributed by atoms with Gasteiger partial charge < -0.3 is 16.4 Å². The van der Waals surface area contributed by atoms with Gasteiger partial charge >= 0.3 is 0 Å². The Bertz CT molecular complexity index is 548. The summed E-state index contributed by atoms with van der Waals surface area (Å²) in [6.07, 6.45) is 2.92. The number of rotatable bonds is 4. The molecule has 4 N–H and O–H groups in total. The first kappa shape index (κ1) is 15.8. The second-order valence-electron chi connectivity index (χ2n) is 5.30. The SMILES string of the molecule is CNC(=O)c1ccc(NC(=O)[C@@H]2CCC[C@@H]2CN)cc1Cl. The highest BCUT2D eigenvalue weighted by atomic mass is 35.5. The molecule has 1 fully saturated rings. The van der Waals surface area contributed by atoms with Crippen molar-refractivity contribution >= 4 is 29.1 Å². The summed E-state index contributed by atoms with van der Waals surface area (Å²) in [6.45, 7) is 0.536. The van der Waals surface area contributed by atoms with Crippen LogP contribution in [0.4, 0.5) is 5.69 Å². The van der Waals surface area contributed by atoms with E-state index in [0.717, 1.165) is 19.3 Å². The fourth-order valence-corrected chi connectivity index (χ4v) is 3.08. The van der Waals surface area contributed by atoms with Crippen molar-refractivity contribution in [2.24, 2.45) is 17.6 Å². The number of benzene rings is 1. The van der Waals surface area contributed by atoms with Gasteiger partial charge in [0.15, 0.2) is 0 Å². The lowest BCUT2D eigenvalue weighted by Gasteiger charge is -2.17. The molecular formula is C15H20ClN3O2. The fourth-order valence-electron chi connectivity index (χ4n) is 2.81. The standard InChI is InChI=1S/C15H20ClN3O2/c1-18-14(20)12-6-5-10(7-13(12)16)19-15(21)11-4-2-3-9(11)8-17/h5-7,9,11H,2-4,8,17H2,1H3,(H,18,20)(H,19,21)/t9-,11-/m1/s1. The topological polar surface area (TPSA) is 84.2 Å². The predicted molar refractivity (Wildman–Crippen MR) is 83.4 cm³/mol. The second kappa shape index (κ2) is 6.91. The smallest absolute Gasteiger partial charge is 0.252 e. The van der Waals surface area contributed by atoms with Crippen LogP contribution in [0.2, 0.25) is 5.02 Å². The van der Waals surface area contributed by atoms with Crippen molar-refractivity contribution in [2.45, 2.75) is 19.3 Å². The number of anilines is 1. The van der Waals surface area contributed by atoms with Gasteiger partial charge in [0.1, 0.15) is 0 Å². The molecule has 21 heavy (non-hydrogen) atoms. The third-order valence-electron chi connectivity index (χ3n) is 4.01. The summed E-state index contributed by atoms with van der Waals surface area (Å²) in [7, 11) is 1.54. The highest BCUT2D eigenvalue weighted by Crippen LogP contribution is 2.32. The van der Waals surface area contributed by atoms with Crippen LogP contribution < -0.4 is 16.4 Å². The van der Waals surface area contributed by atoms with Crippen LogP contribution in [0.15, 0.2) is 18.2 Å². The van der Waals surface area contributed by atoms with Gasteiger partial charge in [-0.1, -0.05) is 18.0 Å². The monoisotopic (exact) mass is 309 g/mol. The van der Waals surface area contributed by atoms with E-state index in [9.17, 15) is 9.59 Å². The number of hydrogen-bond donors (Lipinski definition) is 3. The second-order valence-corrected chi connectivity index (χ2v) is 5.70. The van der Waals surface area contributed by atoms with E-state index in [-0.39, 0.29) is 23.7 Å². The van der Waals surface area contributed by atoms with Crippen molar-refractivity contribution in [1.29, 1.82) is 0 Å². The Morgan fingerprint density at radius 1 is 1.38 bits per heavy atom. The van der Waals surface area contributed by atoms with Crippen molar-refractivity contribution in [3.05, 3.63) is 28.8 Å². The van der Waals surface area contributed by atoms with Crippen molar-refractivity contribution in [2.75, 3.05) is 18.9 Å². The van der Waals surface area contributed by atoms with E-state index in [1.807, 2.05) is 0 Å². The summed E-state index contributed by atoms with van der Waals surface area (Å²) >= 11 is 6.07. The maximum Gasteiger partial charge on any atom is 0.252 e. The highest BCUT2D eigenvalue weighted by molar-refractivity contribution is 6.34. The highest BCUT2D eigenvalue weighted by Gasteiger charge is 2.31. The van der Waals surface area contributed by atoms with E-state index in [1.54, 1.807) is 25.2 Å². The van der Waals surface area contributed by atoms with Crippen LogP contribution in [0.3, 0.4) is 0 Å². The fraction of sp³-hybridized carbons (Fsp3) is 0.467. The van der Waals surface area contributed by atoms with Crippen molar-refractivity contribution in [1.82, 2.24) is 5.32 Å². The molecule has 1 aromatic rings. The van der Waals surface area contributed by atoms with Gasteiger partial charge in [-0.25, -0.2) is 0 Å². The molecule has 0 radical (unpaired) electrons. The minimum atomic E-state index is -0.253. The first-order valence-electron chi connectivity index (χ1n) is 7.09. The van der Waals surface area contributed by atoms with E-state index in [4.69, 9.17) is 17.3 Å². The first-order chi connectivity index (χ1) is 10.1. The molecular weight excluding hydrogens is 290 g/mol. The molecule has 0 spiro atoms. The number of hydrogen-bond acceptors (Lipinski definition) is 3. The van der Waals surface area contributed by atoms with Crippen LogP contribution in [0.1, 0.15) is 29.6 Å². The quantitative estimate of drug-likeness (QED) is 0.795. The molecule has 0 aromatic heterocycles. The van der Waals surface area contributed by atoms with Gasteiger partial charge in [0.05, 0.1) is 10.6 Å². The van der Waals surface area contributed by atoms with Crippen LogP contribution in [-0.4, -0.2) is 25.4 Å². The Balaban J connectivity index is 2.08. The van der Waals surface area contributed by atoms with Crippen molar-refractivity contribution in [3.63, 3.8) is 0 Å². The maximum atomic E-state index is 12.3. The minimum Gasteiger partial charge on any atom is -0.355 e. The molecule has 1 aliphatic carbocycles. The van der Waals surface area contributed by atoms with Crippen LogP contribution >= 0.6 is 11.6 Å². The Morgan fingerprint density at radius 3 is 2.76 bits per heavy atom. The number of amides is 2. The Labute approximate surface area is 129 Å². The summed E-state index contributed by atoms with van der Waals surface area (Å²) < 4.78 is 0. The lowest BCUT2D eigenvalue weighted by Crippen LogP contribution is -2.29. The first-order valence-corrected chi connectivity index (χ1v) is 7.47. The van der Waals surface area contributed by atoms with Crippen molar-refractivity contribution in [3.8, 4) is 0 Å². The van der Waals surface area contributed by atoms with Gasteiger partial charge in [0, 0.05) is 18.7 Å². The third kappa shape index (κ3) is 3.54. The van der Waals surface area contributed by atoms with Crippen LogP contribution in [0, 0.1) is 11.8 Å². The molecule has 0 bridgehead atoms. The molecule has 2 amide bonds. The Morgan fingerprint density at radius 2 is 2.14 bits per heavy atom. The van der Waals surface area contributed by atoms with E-state index in [2.05, 4.69) is 10.6 Å². The molecule has 1 aromatic carbocycles. The van der Waals surface area contributed by atoms with Gasteiger partial charge in [-0.05, 0) is 43.5 Å². The van der Waals surface area contributed by atoms with Gasteiger partial charge in [-0.2, -0.15) is 0 Å². The Hall–Kier alpha value is -1.59. The molecule has 0 heterocycles. The normalized spacial score (nSPS) is 21.1. The van der Waals surface area contributed by atoms with E-state index < -0.39 is 0 Å². The summed E-state index contributed by atoms with van der Waals surface area (Å²) in [5.41, 5.74) is 6.69. The predicted octanol–water partition coefficient (Wildman–Crippen LogP) is 2.01. The summed E-state index contributed by atoms with van der Waals surface area (Å²) in [4.78, 5) is 23.8.